The fraction of sp³-hybridized carbons (Fsp3) is 0.529. The lowest BCUT2D eigenvalue weighted by atomic mass is 9.89. The van der Waals surface area contributed by atoms with Crippen molar-refractivity contribution in [1.29, 1.82) is 0 Å². The van der Waals surface area contributed by atoms with Crippen molar-refractivity contribution in [1.82, 2.24) is 10.6 Å². The average molecular weight is 367 g/mol. The van der Waals surface area contributed by atoms with Crippen LogP contribution in [0.3, 0.4) is 0 Å². The van der Waals surface area contributed by atoms with Gasteiger partial charge < -0.3 is 10.6 Å². The van der Waals surface area contributed by atoms with Crippen molar-refractivity contribution >= 4 is 27.5 Å². The van der Waals surface area contributed by atoms with Gasteiger partial charge in [-0.2, -0.15) is 0 Å². The third-order valence-corrected chi connectivity index (χ3v) is 4.74. The molecule has 138 valence electrons. The zero-order valence-corrected chi connectivity index (χ0v) is 15.2. The smallest absolute Gasteiger partial charge is 0.251 e. The normalized spacial score (nSPS) is 15.4. The molecule has 0 heterocycles. The van der Waals surface area contributed by atoms with Gasteiger partial charge in [0.15, 0.2) is 0 Å². The van der Waals surface area contributed by atoms with Crippen molar-refractivity contribution in [2.24, 2.45) is 5.92 Å². The minimum atomic E-state index is -3.34. The maximum Gasteiger partial charge on any atom is 0.251 e. The van der Waals surface area contributed by atoms with Gasteiger partial charge in [0.05, 0.1) is 6.26 Å². The molecule has 3 N–H and O–H groups in total. The first-order valence-electron chi connectivity index (χ1n) is 8.49. The number of nitrogens with one attached hydrogen (secondary N) is 3. The Bertz CT molecular complexity index is 695. The summed E-state index contributed by atoms with van der Waals surface area (Å²) in [5, 5.41) is 5.60. The van der Waals surface area contributed by atoms with Crippen LogP contribution in [0.4, 0.5) is 5.69 Å². The minimum Gasteiger partial charge on any atom is -0.354 e. The Kier molecular flexibility index (Phi) is 6.81. The van der Waals surface area contributed by atoms with Crippen molar-refractivity contribution in [3.05, 3.63) is 29.8 Å². The van der Waals surface area contributed by atoms with Gasteiger partial charge in [0.1, 0.15) is 0 Å². The summed E-state index contributed by atoms with van der Waals surface area (Å²) in [5.74, 6) is -0.0812. The fourth-order valence-corrected chi connectivity index (χ4v) is 3.44. The van der Waals surface area contributed by atoms with Gasteiger partial charge in [-0.1, -0.05) is 19.3 Å². The molecule has 8 heteroatoms. The molecule has 0 aromatic heterocycles. The van der Waals surface area contributed by atoms with E-state index < -0.39 is 10.0 Å². The average Bonchev–Trinajstić information content (AvgIpc) is 2.58. The second-order valence-corrected chi connectivity index (χ2v) is 8.08. The molecular formula is C17H25N3O4S. The van der Waals surface area contributed by atoms with E-state index in [0.29, 0.717) is 24.3 Å². The zero-order chi connectivity index (χ0) is 18.3. The molecule has 7 nitrogen and oxygen atoms in total. The van der Waals surface area contributed by atoms with Crippen molar-refractivity contribution in [2.75, 3.05) is 24.1 Å². The first kappa shape index (κ1) is 19.2. The summed E-state index contributed by atoms with van der Waals surface area (Å²) >= 11 is 0. The number of rotatable bonds is 7. The number of carbonyl (C=O) groups is 2. The van der Waals surface area contributed by atoms with Gasteiger partial charge in [-0.05, 0) is 37.1 Å². The molecule has 0 saturated heterocycles. The standard InChI is InChI=1S/C17H25N3O4S/c1-25(23,24)20-15-9-7-14(8-10-15)17(22)19-12-11-18-16(21)13-5-3-2-4-6-13/h7-10,13,20H,2-6,11-12H2,1H3,(H,18,21)(H,19,22). The van der Waals surface area contributed by atoms with Gasteiger partial charge in [0, 0.05) is 30.3 Å². The molecule has 25 heavy (non-hydrogen) atoms. The van der Waals surface area contributed by atoms with E-state index in [2.05, 4.69) is 15.4 Å². The van der Waals surface area contributed by atoms with E-state index in [4.69, 9.17) is 0 Å². The van der Waals surface area contributed by atoms with Gasteiger partial charge in [-0.15, -0.1) is 0 Å². The first-order chi connectivity index (χ1) is 11.8. The van der Waals surface area contributed by atoms with Crippen LogP contribution in [0.1, 0.15) is 42.5 Å². The van der Waals surface area contributed by atoms with E-state index in [1.807, 2.05) is 0 Å². The Balaban J connectivity index is 1.72. The lowest BCUT2D eigenvalue weighted by Crippen LogP contribution is -2.38. The molecule has 0 bridgehead atoms. The maximum absolute atomic E-state index is 12.0. The summed E-state index contributed by atoms with van der Waals surface area (Å²) in [6.45, 7) is 0.745. The summed E-state index contributed by atoms with van der Waals surface area (Å²) in [4.78, 5) is 24.0. The van der Waals surface area contributed by atoms with Crippen LogP contribution in [0.5, 0.6) is 0 Å². The topological polar surface area (TPSA) is 104 Å². The van der Waals surface area contributed by atoms with Crippen molar-refractivity contribution in [3.8, 4) is 0 Å². The van der Waals surface area contributed by atoms with Gasteiger partial charge in [0.25, 0.3) is 5.91 Å². The molecule has 1 aliphatic carbocycles. The van der Waals surface area contributed by atoms with Crippen LogP contribution in [0.2, 0.25) is 0 Å². The molecular weight excluding hydrogens is 342 g/mol. The van der Waals surface area contributed by atoms with E-state index in [9.17, 15) is 18.0 Å². The third kappa shape index (κ3) is 6.74. The first-order valence-corrected chi connectivity index (χ1v) is 10.4. The molecule has 0 atom stereocenters. The molecule has 1 saturated carbocycles. The minimum absolute atomic E-state index is 0.0742. The summed E-state index contributed by atoms with van der Waals surface area (Å²) in [6, 6.07) is 6.15. The van der Waals surface area contributed by atoms with Crippen LogP contribution in [0.25, 0.3) is 0 Å². The van der Waals surface area contributed by atoms with Crippen LogP contribution in [0, 0.1) is 5.92 Å². The van der Waals surface area contributed by atoms with Crippen LogP contribution in [0.15, 0.2) is 24.3 Å². The molecule has 0 aliphatic heterocycles. The fourth-order valence-electron chi connectivity index (χ4n) is 2.88. The lowest BCUT2D eigenvalue weighted by Gasteiger charge is -2.20. The molecule has 1 fully saturated rings. The van der Waals surface area contributed by atoms with E-state index >= 15 is 0 Å². The van der Waals surface area contributed by atoms with Crippen LogP contribution in [-0.2, 0) is 14.8 Å². The zero-order valence-electron chi connectivity index (χ0n) is 14.4. The van der Waals surface area contributed by atoms with E-state index in [1.54, 1.807) is 12.1 Å². The molecule has 2 amide bonds. The molecule has 1 aromatic rings. The van der Waals surface area contributed by atoms with E-state index in [0.717, 1.165) is 31.9 Å². The second-order valence-electron chi connectivity index (χ2n) is 6.33. The Morgan fingerprint density at radius 3 is 2.20 bits per heavy atom. The lowest BCUT2D eigenvalue weighted by molar-refractivity contribution is -0.125. The van der Waals surface area contributed by atoms with Crippen molar-refractivity contribution < 1.29 is 18.0 Å². The van der Waals surface area contributed by atoms with Crippen LogP contribution in [-0.4, -0.2) is 39.6 Å². The second kappa shape index (κ2) is 8.84. The summed E-state index contributed by atoms with van der Waals surface area (Å²) in [6.07, 6.45) is 6.39. The van der Waals surface area contributed by atoms with Gasteiger partial charge >= 0.3 is 0 Å². The Morgan fingerprint density at radius 1 is 1.00 bits per heavy atom. The predicted molar refractivity (Wildman–Crippen MR) is 96.8 cm³/mol. The Morgan fingerprint density at radius 2 is 1.60 bits per heavy atom. The molecule has 0 radical (unpaired) electrons. The van der Waals surface area contributed by atoms with Crippen molar-refractivity contribution in [2.45, 2.75) is 32.1 Å². The van der Waals surface area contributed by atoms with Gasteiger partial charge in [-0.25, -0.2) is 8.42 Å². The van der Waals surface area contributed by atoms with E-state index in [1.165, 1.54) is 18.6 Å². The molecule has 1 aliphatic rings. The maximum atomic E-state index is 12.0. The quantitative estimate of drug-likeness (QED) is 0.635. The number of sulfonamides is 1. The number of anilines is 1. The van der Waals surface area contributed by atoms with Crippen molar-refractivity contribution in [3.63, 3.8) is 0 Å². The number of benzene rings is 1. The number of hydrogen-bond donors (Lipinski definition) is 3. The monoisotopic (exact) mass is 367 g/mol. The highest BCUT2D eigenvalue weighted by Gasteiger charge is 2.20. The number of hydrogen-bond acceptors (Lipinski definition) is 4. The van der Waals surface area contributed by atoms with Gasteiger partial charge in [0.2, 0.25) is 15.9 Å². The third-order valence-electron chi connectivity index (χ3n) is 4.14. The van der Waals surface area contributed by atoms with Gasteiger partial charge in [-0.3, -0.25) is 14.3 Å². The van der Waals surface area contributed by atoms with E-state index in [-0.39, 0.29) is 17.7 Å². The highest BCUT2D eigenvalue weighted by atomic mass is 32.2. The summed E-state index contributed by atoms with van der Waals surface area (Å²) in [7, 11) is -3.34. The highest BCUT2D eigenvalue weighted by molar-refractivity contribution is 7.92. The predicted octanol–water partition coefficient (Wildman–Crippen LogP) is 1.48. The Labute approximate surface area is 148 Å². The summed E-state index contributed by atoms with van der Waals surface area (Å²) < 4.78 is 24.6. The van der Waals surface area contributed by atoms with Crippen LogP contribution >= 0.6 is 0 Å². The largest absolute Gasteiger partial charge is 0.354 e. The molecule has 0 unspecified atom stereocenters. The van der Waals surface area contributed by atoms with Crippen LogP contribution < -0.4 is 15.4 Å². The Hall–Kier alpha value is -2.09. The number of amides is 2. The highest BCUT2D eigenvalue weighted by Crippen LogP contribution is 2.23. The summed E-state index contributed by atoms with van der Waals surface area (Å²) in [5.41, 5.74) is 0.830. The molecule has 1 aromatic carbocycles. The molecule has 0 spiro atoms. The number of carbonyl (C=O) groups excluding carboxylic acids is 2. The SMILES string of the molecule is CS(=O)(=O)Nc1ccc(C(=O)NCCNC(=O)C2CCCCC2)cc1. The molecule has 2 rings (SSSR count).